The van der Waals surface area contributed by atoms with E-state index in [1.807, 2.05) is 31.2 Å². The Morgan fingerprint density at radius 2 is 1.66 bits per heavy atom. The second-order valence-electron chi connectivity index (χ2n) is 7.50. The van der Waals surface area contributed by atoms with E-state index in [1.165, 1.54) is 0 Å². The molecule has 0 spiro atoms. The van der Waals surface area contributed by atoms with Gasteiger partial charge >= 0.3 is 0 Å². The van der Waals surface area contributed by atoms with Crippen molar-refractivity contribution in [1.29, 1.82) is 0 Å². The van der Waals surface area contributed by atoms with Crippen molar-refractivity contribution in [3.8, 4) is 0 Å². The first-order valence-corrected chi connectivity index (χ1v) is 12.2. The number of fused-ring (bicyclic) bond motifs is 1. The highest BCUT2D eigenvalue weighted by atomic mass is 32.2. The van der Waals surface area contributed by atoms with Gasteiger partial charge < -0.3 is 14.6 Å². The SMILES string of the molecule is Cc1ccc(S(=O)(=O)Nc2cccc3ccc(CCCCOCCOCCO)nc23)cc1. The molecule has 3 aromatic rings. The molecule has 1 heterocycles. The lowest BCUT2D eigenvalue weighted by molar-refractivity contribution is 0.0322. The second kappa shape index (κ2) is 11.9. The number of anilines is 1. The largest absolute Gasteiger partial charge is 0.394 e. The van der Waals surface area contributed by atoms with Gasteiger partial charge in [-0.3, -0.25) is 9.71 Å². The molecule has 8 heteroatoms. The average molecular weight is 459 g/mol. The first-order chi connectivity index (χ1) is 15.5. The van der Waals surface area contributed by atoms with Gasteiger partial charge in [0, 0.05) is 17.7 Å². The smallest absolute Gasteiger partial charge is 0.261 e. The number of nitrogens with zero attached hydrogens (tertiary/aromatic N) is 1. The minimum atomic E-state index is -3.70. The lowest BCUT2D eigenvalue weighted by Crippen LogP contribution is -2.13. The number of hydrogen-bond donors (Lipinski definition) is 2. The molecule has 7 nitrogen and oxygen atoms in total. The van der Waals surface area contributed by atoms with E-state index in [2.05, 4.69) is 4.72 Å². The third kappa shape index (κ3) is 7.00. The van der Waals surface area contributed by atoms with Crippen LogP contribution in [0.3, 0.4) is 0 Å². The number of aliphatic hydroxyl groups is 1. The van der Waals surface area contributed by atoms with Gasteiger partial charge in [-0.15, -0.1) is 0 Å². The van der Waals surface area contributed by atoms with Gasteiger partial charge in [-0.25, -0.2) is 8.42 Å². The molecule has 0 fully saturated rings. The quantitative estimate of drug-likeness (QED) is 0.379. The molecule has 0 amide bonds. The zero-order chi connectivity index (χ0) is 22.8. The molecule has 0 radical (unpaired) electrons. The fourth-order valence-electron chi connectivity index (χ4n) is 3.23. The Kier molecular flexibility index (Phi) is 8.99. The molecule has 1 aromatic heterocycles. The number of sulfonamides is 1. The van der Waals surface area contributed by atoms with Crippen LogP contribution in [0.1, 0.15) is 24.1 Å². The third-order valence-electron chi connectivity index (χ3n) is 4.93. The third-order valence-corrected chi connectivity index (χ3v) is 6.31. The molecule has 2 N–H and O–H groups in total. The predicted molar refractivity (Wildman–Crippen MR) is 125 cm³/mol. The molecule has 0 aliphatic carbocycles. The Bertz CT molecular complexity index is 1100. The van der Waals surface area contributed by atoms with Gasteiger partial charge in [0.2, 0.25) is 0 Å². The molecule has 3 rings (SSSR count). The van der Waals surface area contributed by atoms with E-state index in [9.17, 15) is 8.42 Å². The van der Waals surface area contributed by atoms with E-state index >= 15 is 0 Å². The average Bonchev–Trinajstić information content (AvgIpc) is 2.78. The number of hydrogen-bond acceptors (Lipinski definition) is 6. The summed E-state index contributed by atoms with van der Waals surface area (Å²) in [5.74, 6) is 0. The summed E-state index contributed by atoms with van der Waals surface area (Å²) in [4.78, 5) is 4.94. The number of aryl methyl sites for hydroxylation is 2. The normalized spacial score (nSPS) is 11.7. The Morgan fingerprint density at radius 1 is 0.906 bits per heavy atom. The lowest BCUT2D eigenvalue weighted by atomic mass is 10.1. The van der Waals surface area contributed by atoms with Crippen LogP contribution in [-0.2, 0) is 25.9 Å². The molecule has 0 aliphatic rings. The lowest BCUT2D eigenvalue weighted by Gasteiger charge is -2.11. The Labute approximate surface area is 189 Å². The number of benzene rings is 2. The van der Waals surface area contributed by atoms with Gasteiger partial charge in [0.25, 0.3) is 10.0 Å². The Hall–Kier alpha value is -2.52. The molecule has 0 saturated carbocycles. The first-order valence-electron chi connectivity index (χ1n) is 10.7. The van der Waals surface area contributed by atoms with Crippen molar-refractivity contribution in [2.45, 2.75) is 31.1 Å². The maximum absolute atomic E-state index is 12.8. The van der Waals surface area contributed by atoms with Gasteiger partial charge in [-0.1, -0.05) is 35.9 Å². The van der Waals surface area contributed by atoms with E-state index in [0.717, 1.165) is 35.9 Å². The fourth-order valence-corrected chi connectivity index (χ4v) is 4.29. The van der Waals surface area contributed by atoms with Crippen molar-refractivity contribution in [2.75, 3.05) is 37.8 Å². The molecule has 0 atom stereocenters. The Balaban J connectivity index is 1.60. The van der Waals surface area contributed by atoms with Crippen LogP contribution in [0, 0.1) is 6.92 Å². The van der Waals surface area contributed by atoms with Crippen molar-refractivity contribution >= 4 is 26.6 Å². The molecule has 0 bridgehead atoms. The van der Waals surface area contributed by atoms with Crippen LogP contribution in [0.15, 0.2) is 59.5 Å². The van der Waals surface area contributed by atoms with Crippen molar-refractivity contribution in [3.63, 3.8) is 0 Å². The number of ether oxygens (including phenoxy) is 2. The zero-order valence-electron chi connectivity index (χ0n) is 18.3. The van der Waals surface area contributed by atoms with Crippen LogP contribution >= 0.6 is 0 Å². The summed E-state index contributed by atoms with van der Waals surface area (Å²) in [6.07, 6.45) is 2.58. The second-order valence-corrected chi connectivity index (χ2v) is 9.19. The van der Waals surface area contributed by atoms with E-state index in [1.54, 1.807) is 30.3 Å². The van der Waals surface area contributed by atoms with Crippen LogP contribution in [0.25, 0.3) is 10.9 Å². The van der Waals surface area contributed by atoms with Crippen LogP contribution < -0.4 is 4.72 Å². The number of aromatic nitrogens is 1. The first kappa shape index (κ1) is 24.1. The molecule has 32 heavy (non-hydrogen) atoms. The number of nitrogens with one attached hydrogen (secondary N) is 1. The molecule has 0 unspecified atom stereocenters. The molecule has 0 aliphatic heterocycles. The molecular formula is C24H30N2O5S. The van der Waals surface area contributed by atoms with Gasteiger partial charge in [0.15, 0.2) is 0 Å². The summed E-state index contributed by atoms with van der Waals surface area (Å²) in [5, 5.41) is 9.52. The summed E-state index contributed by atoms with van der Waals surface area (Å²) in [7, 11) is -3.70. The van der Waals surface area contributed by atoms with Gasteiger partial charge in [-0.05, 0) is 50.5 Å². The van der Waals surface area contributed by atoms with Crippen molar-refractivity contribution < 1.29 is 23.0 Å². The van der Waals surface area contributed by atoms with Gasteiger partial charge in [-0.2, -0.15) is 0 Å². The molecule has 172 valence electrons. The number of aliphatic hydroxyl groups excluding tert-OH is 1. The minimum absolute atomic E-state index is 0.0217. The van der Waals surface area contributed by atoms with E-state index in [4.69, 9.17) is 19.6 Å². The van der Waals surface area contributed by atoms with Crippen LogP contribution in [0.4, 0.5) is 5.69 Å². The van der Waals surface area contributed by atoms with Crippen LogP contribution in [0.2, 0.25) is 0 Å². The fraction of sp³-hybridized carbons (Fsp3) is 0.375. The Morgan fingerprint density at radius 3 is 2.41 bits per heavy atom. The van der Waals surface area contributed by atoms with Crippen molar-refractivity contribution in [2.24, 2.45) is 0 Å². The monoisotopic (exact) mass is 458 g/mol. The highest BCUT2D eigenvalue weighted by molar-refractivity contribution is 7.92. The molecule has 0 saturated heterocycles. The maximum Gasteiger partial charge on any atom is 0.261 e. The van der Waals surface area contributed by atoms with E-state index in [0.29, 0.717) is 37.6 Å². The van der Waals surface area contributed by atoms with Crippen molar-refractivity contribution in [1.82, 2.24) is 4.98 Å². The van der Waals surface area contributed by atoms with Crippen LogP contribution in [0.5, 0.6) is 0 Å². The number of unbranched alkanes of at least 4 members (excludes halogenated alkanes) is 1. The standard InChI is InChI=1S/C24H30N2O5S/c1-19-8-12-22(13-9-19)32(28,29)26-23-7-4-5-20-10-11-21(25-24(20)23)6-2-3-15-30-17-18-31-16-14-27/h4-5,7-13,26-27H,2-3,6,14-18H2,1H3. The molecular weight excluding hydrogens is 428 g/mol. The van der Waals surface area contributed by atoms with Gasteiger partial charge in [0.1, 0.15) is 0 Å². The summed E-state index contributed by atoms with van der Waals surface area (Å²) in [6.45, 7) is 3.90. The molecule has 2 aromatic carbocycles. The minimum Gasteiger partial charge on any atom is -0.394 e. The summed E-state index contributed by atoms with van der Waals surface area (Å²) >= 11 is 0. The highest BCUT2D eigenvalue weighted by Gasteiger charge is 2.16. The van der Waals surface area contributed by atoms with E-state index < -0.39 is 10.0 Å². The summed E-state index contributed by atoms with van der Waals surface area (Å²) < 4.78 is 39.0. The van der Waals surface area contributed by atoms with Crippen molar-refractivity contribution in [3.05, 3.63) is 65.9 Å². The number of pyridine rings is 1. The number of para-hydroxylation sites is 1. The zero-order valence-corrected chi connectivity index (χ0v) is 19.1. The maximum atomic E-state index is 12.8. The topological polar surface area (TPSA) is 97.8 Å². The van der Waals surface area contributed by atoms with Gasteiger partial charge in [0.05, 0.1) is 42.5 Å². The summed E-state index contributed by atoms with van der Waals surface area (Å²) in [5.41, 5.74) is 3.01. The predicted octanol–water partition coefficient (Wildman–Crippen LogP) is 3.69. The van der Waals surface area contributed by atoms with Crippen LogP contribution in [-0.4, -0.2) is 51.5 Å². The van der Waals surface area contributed by atoms with E-state index in [-0.39, 0.29) is 11.5 Å². The highest BCUT2D eigenvalue weighted by Crippen LogP contribution is 2.25. The summed E-state index contributed by atoms with van der Waals surface area (Å²) in [6, 6.07) is 16.2. The number of rotatable bonds is 13.